The fourth-order valence-corrected chi connectivity index (χ4v) is 3.43. The number of nitrogens with zero attached hydrogens (tertiary/aromatic N) is 5. The molecule has 1 fully saturated rings. The molecule has 0 atom stereocenters. The van der Waals surface area contributed by atoms with Crippen LogP contribution in [0.15, 0.2) is 65.6 Å². The maximum atomic E-state index is 12.9. The smallest absolute Gasteiger partial charge is 0.349 e. The van der Waals surface area contributed by atoms with Crippen molar-refractivity contribution >= 4 is 16.9 Å². The average molecular weight is 400 g/mol. The molecule has 0 bridgehead atoms. The summed E-state index contributed by atoms with van der Waals surface area (Å²) in [7, 11) is 0. The topological polar surface area (TPSA) is 94.7 Å². The summed E-state index contributed by atoms with van der Waals surface area (Å²) >= 11 is 0. The van der Waals surface area contributed by atoms with Crippen molar-refractivity contribution in [2.45, 2.75) is 25.3 Å². The van der Waals surface area contributed by atoms with Crippen LogP contribution in [-0.2, 0) is 6.54 Å². The van der Waals surface area contributed by atoms with E-state index in [1.54, 1.807) is 4.57 Å². The van der Waals surface area contributed by atoms with Gasteiger partial charge in [-0.05, 0) is 37.1 Å². The van der Waals surface area contributed by atoms with Gasteiger partial charge in [-0.25, -0.2) is 19.0 Å². The van der Waals surface area contributed by atoms with Crippen LogP contribution in [0.25, 0.3) is 16.7 Å². The van der Waals surface area contributed by atoms with Crippen molar-refractivity contribution in [2.75, 3.05) is 6.54 Å². The molecule has 8 heteroatoms. The van der Waals surface area contributed by atoms with Crippen LogP contribution in [0.2, 0.25) is 0 Å². The normalized spacial score (nSPS) is 13.5. The Hall–Kier alpha value is -3.81. The summed E-state index contributed by atoms with van der Waals surface area (Å²) in [6.07, 6.45) is 3.54. The molecule has 2 aromatic heterocycles. The predicted molar refractivity (Wildman–Crippen MR) is 112 cm³/mol. The van der Waals surface area contributed by atoms with Crippen molar-refractivity contribution < 1.29 is 4.79 Å². The predicted octanol–water partition coefficient (Wildman–Crippen LogP) is 2.28. The molecule has 1 aliphatic rings. The van der Waals surface area contributed by atoms with E-state index in [0.29, 0.717) is 11.4 Å². The van der Waals surface area contributed by atoms with Crippen LogP contribution in [0.1, 0.15) is 35.1 Å². The van der Waals surface area contributed by atoms with Crippen molar-refractivity contribution in [1.82, 2.24) is 29.6 Å². The average Bonchev–Trinajstić information content (AvgIpc) is 3.58. The summed E-state index contributed by atoms with van der Waals surface area (Å²) < 4.78 is 3.10. The molecule has 1 amide bonds. The van der Waals surface area contributed by atoms with Crippen LogP contribution in [0.4, 0.5) is 0 Å². The summed E-state index contributed by atoms with van der Waals surface area (Å²) in [6, 6.07) is 16.9. The van der Waals surface area contributed by atoms with Gasteiger partial charge in [0.2, 0.25) is 0 Å². The number of carbonyl (C=O) groups excluding carboxylic acids is 1. The summed E-state index contributed by atoms with van der Waals surface area (Å²) in [5.74, 6) is 0.783. The molecular formula is C22H20N6O2. The van der Waals surface area contributed by atoms with E-state index in [4.69, 9.17) is 0 Å². The van der Waals surface area contributed by atoms with Crippen LogP contribution >= 0.6 is 0 Å². The number of amides is 1. The molecule has 0 saturated heterocycles. The summed E-state index contributed by atoms with van der Waals surface area (Å²) in [5.41, 5.74) is 2.26. The molecular weight excluding hydrogens is 380 g/mol. The zero-order valence-electron chi connectivity index (χ0n) is 16.2. The van der Waals surface area contributed by atoms with Gasteiger partial charge in [-0.15, -0.1) is 0 Å². The highest BCUT2D eigenvalue weighted by atomic mass is 16.2. The molecule has 30 heavy (non-hydrogen) atoms. The third kappa shape index (κ3) is 3.47. The van der Waals surface area contributed by atoms with Gasteiger partial charge in [0.25, 0.3) is 5.91 Å². The molecule has 150 valence electrons. The first-order valence-electron chi connectivity index (χ1n) is 9.96. The quantitative estimate of drug-likeness (QED) is 0.536. The number of aromatic nitrogens is 5. The minimum atomic E-state index is -0.328. The maximum Gasteiger partial charge on any atom is 0.350 e. The molecule has 0 aliphatic heterocycles. The molecule has 8 nitrogen and oxygen atoms in total. The number of carbonyl (C=O) groups is 1. The number of para-hydroxylation sites is 3. The number of hydrogen-bond donors (Lipinski definition) is 1. The number of fused-ring (bicyclic) bond motifs is 1. The second kappa shape index (κ2) is 7.55. The van der Waals surface area contributed by atoms with Gasteiger partial charge in [-0.3, -0.25) is 9.78 Å². The van der Waals surface area contributed by atoms with Crippen molar-refractivity contribution in [2.24, 2.45) is 0 Å². The van der Waals surface area contributed by atoms with E-state index in [-0.39, 0.29) is 30.4 Å². The van der Waals surface area contributed by atoms with Crippen molar-refractivity contribution in [3.63, 3.8) is 0 Å². The van der Waals surface area contributed by atoms with Crippen molar-refractivity contribution in [3.05, 3.63) is 82.8 Å². The molecule has 0 unspecified atom stereocenters. The lowest BCUT2D eigenvalue weighted by molar-refractivity contribution is 0.0947. The molecule has 0 spiro atoms. The third-order valence-electron chi connectivity index (χ3n) is 5.11. The van der Waals surface area contributed by atoms with E-state index in [2.05, 4.69) is 20.4 Å². The Kier molecular flexibility index (Phi) is 4.59. The third-order valence-corrected chi connectivity index (χ3v) is 5.11. The van der Waals surface area contributed by atoms with Gasteiger partial charge in [0.1, 0.15) is 11.5 Å². The fourth-order valence-electron chi connectivity index (χ4n) is 3.43. The van der Waals surface area contributed by atoms with Crippen molar-refractivity contribution in [3.8, 4) is 5.69 Å². The Morgan fingerprint density at radius 3 is 2.53 bits per heavy atom. The van der Waals surface area contributed by atoms with E-state index in [9.17, 15) is 9.59 Å². The standard InChI is InChI=1S/C22H20N6O2/c29-21(19-14-24-17-8-4-5-9-18(17)25-19)23-12-13-27-22(30)28(16-6-2-1-3-7-16)20(26-27)15-10-11-15/h1-9,14-15H,10-13H2,(H,23,29). The molecule has 5 rings (SSSR count). The van der Waals surface area contributed by atoms with E-state index in [0.717, 1.165) is 29.9 Å². The van der Waals surface area contributed by atoms with Crippen LogP contribution in [0, 0.1) is 0 Å². The maximum absolute atomic E-state index is 12.9. The molecule has 1 aliphatic carbocycles. The monoisotopic (exact) mass is 400 g/mol. The highest BCUT2D eigenvalue weighted by Crippen LogP contribution is 2.39. The van der Waals surface area contributed by atoms with E-state index in [1.807, 2.05) is 54.6 Å². The number of hydrogen-bond acceptors (Lipinski definition) is 5. The Balaban J connectivity index is 1.31. The van der Waals surface area contributed by atoms with Gasteiger partial charge < -0.3 is 5.32 Å². The zero-order valence-corrected chi connectivity index (χ0v) is 16.2. The first kappa shape index (κ1) is 18.2. The highest BCUT2D eigenvalue weighted by molar-refractivity contribution is 5.93. The molecule has 1 saturated carbocycles. The van der Waals surface area contributed by atoms with Gasteiger partial charge >= 0.3 is 5.69 Å². The molecule has 4 aromatic rings. The summed E-state index contributed by atoms with van der Waals surface area (Å²) in [4.78, 5) is 34.0. The number of nitrogens with one attached hydrogen (secondary N) is 1. The Morgan fingerprint density at radius 2 is 1.77 bits per heavy atom. The van der Waals surface area contributed by atoms with Crippen molar-refractivity contribution in [1.29, 1.82) is 0 Å². The number of benzene rings is 2. The first-order chi connectivity index (χ1) is 14.7. The second-order valence-corrected chi connectivity index (χ2v) is 7.31. The Morgan fingerprint density at radius 1 is 1.03 bits per heavy atom. The van der Waals surface area contributed by atoms with E-state index >= 15 is 0 Å². The lowest BCUT2D eigenvalue weighted by Gasteiger charge is -2.05. The minimum Gasteiger partial charge on any atom is -0.349 e. The lowest BCUT2D eigenvalue weighted by atomic mass is 10.3. The van der Waals surface area contributed by atoms with Crippen LogP contribution < -0.4 is 11.0 Å². The lowest BCUT2D eigenvalue weighted by Crippen LogP contribution is -2.32. The summed E-state index contributed by atoms with van der Waals surface area (Å²) in [5, 5.41) is 7.35. The largest absolute Gasteiger partial charge is 0.350 e. The zero-order chi connectivity index (χ0) is 20.5. The highest BCUT2D eigenvalue weighted by Gasteiger charge is 2.31. The van der Waals surface area contributed by atoms with E-state index < -0.39 is 0 Å². The fraction of sp³-hybridized carbons (Fsp3) is 0.227. The minimum absolute atomic E-state index is 0.192. The Bertz CT molecular complexity index is 1270. The molecule has 1 N–H and O–H groups in total. The van der Waals surface area contributed by atoms with Crippen LogP contribution in [0.3, 0.4) is 0 Å². The second-order valence-electron chi connectivity index (χ2n) is 7.31. The molecule has 2 aromatic carbocycles. The van der Waals surface area contributed by atoms with Crippen LogP contribution in [0.5, 0.6) is 0 Å². The molecule has 2 heterocycles. The summed E-state index contributed by atoms with van der Waals surface area (Å²) in [6.45, 7) is 0.550. The van der Waals surface area contributed by atoms with Crippen LogP contribution in [-0.4, -0.2) is 36.8 Å². The molecule has 0 radical (unpaired) electrons. The Labute approximate surface area is 172 Å². The van der Waals surface area contributed by atoms with Gasteiger partial charge in [0.05, 0.1) is 29.5 Å². The van der Waals surface area contributed by atoms with Gasteiger partial charge in [0, 0.05) is 12.5 Å². The number of rotatable bonds is 6. The van der Waals surface area contributed by atoms with Gasteiger partial charge in [-0.2, -0.15) is 5.10 Å². The SMILES string of the molecule is O=C(NCCn1nc(C2CC2)n(-c2ccccc2)c1=O)c1cnc2ccccc2n1. The van der Waals surface area contributed by atoms with E-state index in [1.165, 1.54) is 10.9 Å². The van der Waals surface area contributed by atoms with Gasteiger partial charge in [0.15, 0.2) is 0 Å². The first-order valence-corrected chi connectivity index (χ1v) is 9.96. The van der Waals surface area contributed by atoms with Gasteiger partial charge in [-0.1, -0.05) is 30.3 Å².